The van der Waals surface area contributed by atoms with Gasteiger partial charge in [-0.15, -0.1) is 0 Å². The Morgan fingerprint density at radius 1 is 0.333 bits per heavy atom. The number of methoxy groups -OCH3 is 2. The number of hydrogen-bond donors (Lipinski definition) is 8. The number of aromatic nitrogens is 8. The van der Waals surface area contributed by atoms with E-state index in [0.717, 1.165) is 113 Å². The third kappa shape index (κ3) is 34.0. The number of carbonyl (C=O) groups is 4. The monoisotopic (exact) mass is 1600 g/mol. The Morgan fingerprint density at radius 3 is 0.923 bits per heavy atom. The maximum atomic E-state index is 12.8. The Labute approximate surface area is 699 Å². The Bertz CT molecular complexity index is 4120. The largest absolute Gasteiger partial charge is 0.497 e. The maximum absolute atomic E-state index is 12.8. The van der Waals surface area contributed by atoms with Crippen LogP contribution in [-0.4, -0.2) is 141 Å². The van der Waals surface area contributed by atoms with Gasteiger partial charge in [-0.2, -0.15) is 0 Å². The highest BCUT2D eigenvalue weighted by atomic mass is 16.5. The Morgan fingerprint density at radius 2 is 0.615 bits per heavy atom. The van der Waals surface area contributed by atoms with Crippen molar-refractivity contribution in [3.63, 3.8) is 0 Å². The van der Waals surface area contributed by atoms with Crippen molar-refractivity contribution < 1.29 is 28.7 Å². The molecule has 23 heteroatoms. The number of anilines is 5. The zero-order chi connectivity index (χ0) is 84.4. The predicted octanol–water partition coefficient (Wildman–Crippen LogP) is 18.7. The molecule has 0 spiro atoms. The summed E-state index contributed by atoms with van der Waals surface area (Å²) in [6.45, 7) is 28.0. The van der Waals surface area contributed by atoms with Gasteiger partial charge in [-0.1, -0.05) is 199 Å². The third-order valence-electron chi connectivity index (χ3n) is 20.7. The van der Waals surface area contributed by atoms with Crippen molar-refractivity contribution in [2.75, 3.05) is 79.7 Å². The molecule has 4 amide bonds. The van der Waals surface area contributed by atoms with Crippen LogP contribution in [0.3, 0.4) is 0 Å². The summed E-state index contributed by atoms with van der Waals surface area (Å²) < 4.78 is 10.4. The summed E-state index contributed by atoms with van der Waals surface area (Å²) in [5.74, 6) is 6.48. The van der Waals surface area contributed by atoms with Gasteiger partial charge in [-0.25, -0.2) is 39.9 Å². The lowest BCUT2D eigenvalue weighted by Crippen LogP contribution is -2.29. The van der Waals surface area contributed by atoms with E-state index in [-0.39, 0.29) is 23.6 Å². The van der Waals surface area contributed by atoms with Crippen molar-refractivity contribution >= 4 is 52.6 Å². The van der Waals surface area contributed by atoms with E-state index < -0.39 is 0 Å². The van der Waals surface area contributed by atoms with Gasteiger partial charge in [-0.3, -0.25) is 19.2 Å². The fraction of sp³-hybridized carbons (Fsp3) is 0.532. The first-order valence-corrected chi connectivity index (χ1v) is 43.9. The minimum atomic E-state index is -0.142. The summed E-state index contributed by atoms with van der Waals surface area (Å²) >= 11 is 0. The van der Waals surface area contributed by atoms with E-state index in [0.29, 0.717) is 119 Å². The molecule has 5 fully saturated rings. The molecule has 1 aliphatic heterocycles. The second-order valence-electron chi connectivity index (χ2n) is 29.2. The number of hydrogen-bond acceptors (Lipinski definition) is 19. The van der Waals surface area contributed by atoms with Crippen LogP contribution in [0.15, 0.2) is 128 Å². The van der Waals surface area contributed by atoms with E-state index in [9.17, 15) is 19.2 Å². The molecule has 5 aliphatic rings. The molecule has 8 aromatic rings. The summed E-state index contributed by atoms with van der Waals surface area (Å²) in [6, 6.07) is 36.2. The molecule has 8 N–H and O–H groups in total. The van der Waals surface area contributed by atoms with Crippen molar-refractivity contribution in [2.45, 2.75) is 274 Å². The van der Waals surface area contributed by atoms with Gasteiger partial charge in [0, 0.05) is 93.9 Å². The zero-order valence-corrected chi connectivity index (χ0v) is 73.0. The lowest BCUT2D eigenvalue weighted by atomic mass is 9.95. The molecule has 1 saturated heterocycles. The molecule has 0 atom stereocenters. The molecule has 4 aliphatic carbocycles. The second-order valence-corrected chi connectivity index (χ2v) is 29.2. The highest BCUT2D eigenvalue weighted by Gasteiger charge is 2.25. The number of rotatable bonds is 27. The van der Waals surface area contributed by atoms with Crippen molar-refractivity contribution in [1.82, 2.24) is 61.1 Å². The third-order valence-corrected chi connectivity index (χ3v) is 20.7. The number of ether oxygens (including phenoxy) is 2. The average Bonchev–Trinajstić information content (AvgIpc) is 1.42. The first kappa shape index (κ1) is 95.5. The van der Waals surface area contributed by atoms with E-state index in [4.69, 9.17) is 9.47 Å². The van der Waals surface area contributed by atoms with Gasteiger partial charge in [0.05, 0.1) is 14.2 Å². The second kappa shape index (κ2) is 55.3. The summed E-state index contributed by atoms with van der Waals surface area (Å²) in [5, 5.41) is 25.9. The molecule has 0 unspecified atom stereocenters. The number of carbonyl (C=O) groups excluding carboxylic acids is 4. The van der Waals surface area contributed by atoms with Gasteiger partial charge < -0.3 is 56.9 Å². The van der Waals surface area contributed by atoms with Gasteiger partial charge in [0.2, 0.25) is 0 Å². The molecule has 13 rings (SSSR count). The molecule has 23 nitrogen and oxygen atoms in total. The molecular weight excluding hydrogens is 1460 g/mol. The van der Waals surface area contributed by atoms with Crippen molar-refractivity contribution in [1.29, 1.82) is 0 Å². The first-order valence-electron chi connectivity index (χ1n) is 43.9. The maximum Gasteiger partial charge on any atom is 0.256 e. The predicted molar refractivity (Wildman–Crippen MR) is 479 cm³/mol. The van der Waals surface area contributed by atoms with E-state index >= 15 is 0 Å². The highest BCUT2D eigenvalue weighted by molar-refractivity contribution is 6.00. The molecule has 117 heavy (non-hydrogen) atoms. The molecule has 0 bridgehead atoms. The molecule has 4 aromatic carbocycles. The standard InChI is InChI=1S/C24H33N5O.2C21H28N4O2.C20H26N4O.4C2H6/c1-18-26-17-22(23(27-18)28-20-7-3-2-4-8-20)24(30)25-14-13-19-9-11-21(12-10-19)29-15-5-6-16-29;1-15-23-14-19(20(24-15)25-17-8-4-3-5-9-17)21(26)22-12-11-16-7-6-10-18(13-16)27-2;1-15-23-14-19(20(24-15)25-17-6-4-3-5-7-17)21(26)22-13-12-16-8-10-18(27-2)11-9-16;1-15-22-14-18(19(23-15)24-17-10-6-3-7-11-17)20(25)21-13-12-16-8-4-2-5-9-16;4*1-2/h9-12,17,20H,2-8,13-16H2,1H3,(H,25,30)(H,26,27,28);6-7,10,13-14,17H,3-5,8-9,11-12H2,1-2H3,(H,22,26)(H,23,24,25);8-11,14,17H,3-7,12-13H2,1-2H3,(H,22,26)(H,23,24,25);2,4-5,8-9,14,17H,3,6-7,10-13H2,1H3,(H,21,25)(H,22,23,24);4*1-2H3. The molecule has 5 heterocycles. The topological polar surface area (TPSA) is 289 Å². The molecule has 0 radical (unpaired) electrons. The van der Waals surface area contributed by atoms with Crippen LogP contribution in [0.4, 0.5) is 29.0 Å². The number of amides is 4. The Hall–Kier alpha value is -10.3. The zero-order valence-electron chi connectivity index (χ0n) is 73.0. The highest BCUT2D eigenvalue weighted by Crippen LogP contribution is 2.28. The Kier molecular flexibility index (Phi) is 45.2. The smallest absolute Gasteiger partial charge is 0.256 e. The van der Waals surface area contributed by atoms with Crippen LogP contribution in [0.25, 0.3) is 0 Å². The van der Waals surface area contributed by atoms with Crippen LogP contribution < -0.4 is 56.9 Å². The minimum Gasteiger partial charge on any atom is -0.497 e. The van der Waals surface area contributed by atoms with Crippen LogP contribution in [-0.2, 0) is 25.7 Å². The SMILES string of the molecule is CC.CC.CC.CC.COc1ccc(CCNC(=O)c2cnc(C)nc2NC2CCCCC2)cc1.COc1cccc(CCNC(=O)c2cnc(C)nc2NC2CCCCC2)c1.Cc1ncc(C(=O)NCCc2ccc(N3CCCC3)cc2)c(NC2CCCCC2)n1.Cc1ncc(C(=O)NCCc2ccccc2)c(NC2CCCCC2)n1. The average molecular weight is 1600 g/mol. The number of benzene rings is 4. The summed E-state index contributed by atoms with van der Waals surface area (Å²) in [7, 11) is 3.30. The molecule has 4 saturated carbocycles. The van der Waals surface area contributed by atoms with Crippen LogP contribution >= 0.6 is 0 Å². The fourth-order valence-corrected chi connectivity index (χ4v) is 14.5. The summed E-state index contributed by atoms with van der Waals surface area (Å²) in [4.78, 5) is 88.0. The van der Waals surface area contributed by atoms with E-state index in [2.05, 4.69) is 124 Å². The molecule has 636 valence electrons. The summed E-state index contributed by atoms with van der Waals surface area (Å²) in [6.07, 6.45) is 36.3. The van der Waals surface area contributed by atoms with E-state index in [1.165, 1.54) is 107 Å². The van der Waals surface area contributed by atoms with Crippen LogP contribution in [0.2, 0.25) is 0 Å². The van der Waals surface area contributed by atoms with Gasteiger partial charge >= 0.3 is 0 Å². The van der Waals surface area contributed by atoms with E-state index in [1.807, 2.05) is 150 Å². The van der Waals surface area contributed by atoms with Crippen molar-refractivity contribution in [2.24, 2.45) is 0 Å². The molecular formula is C94H139N17O6. The van der Waals surface area contributed by atoms with Crippen LogP contribution in [0.1, 0.15) is 284 Å². The van der Waals surface area contributed by atoms with Crippen molar-refractivity contribution in [3.8, 4) is 11.5 Å². The van der Waals surface area contributed by atoms with Gasteiger partial charge in [0.25, 0.3) is 23.6 Å². The lowest BCUT2D eigenvalue weighted by Gasteiger charge is -2.24. The van der Waals surface area contributed by atoms with Crippen LogP contribution in [0.5, 0.6) is 11.5 Å². The minimum absolute atomic E-state index is 0.109. The van der Waals surface area contributed by atoms with E-state index in [1.54, 1.807) is 39.0 Å². The fourth-order valence-electron chi connectivity index (χ4n) is 14.5. The quantitative estimate of drug-likeness (QED) is 0.0237. The van der Waals surface area contributed by atoms with Gasteiger partial charge in [0.15, 0.2) is 0 Å². The normalized spacial score (nSPS) is 14.5. The number of nitrogens with zero attached hydrogens (tertiary/aromatic N) is 9. The van der Waals surface area contributed by atoms with Gasteiger partial charge in [0.1, 0.15) is 80.3 Å². The first-order chi connectivity index (χ1) is 57.2. The van der Waals surface area contributed by atoms with Gasteiger partial charge in [-0.05, 0) is 176 Å². The number of nitrogens with one attached hydrogen (secondary N) is 8. The van der Waals surface area contributed by atoms with Crippen molar-refractivity contribution in [3.05, 3.63) is 196 Å². The lowest BCUT2D eigenvalue weighted by molar-refractivity contribution is 0.0945. The summed E-state index contributed by atoms with van der Waals surface area (Å²) in [5.41, 5.74) is 8.11. The number of aryl methyl sites for hydroxylation is 4. The molecule has 4 aromatic heterocycles. The van der Waals surface area contributed by atoms with Crippen LogP contribution in [0, 0.1) is 27.7 Å². The Balaban J connectivity index is 0.000000236.